The molecular weight excluding hydrogens is 432 g/mol. The molecule has 0 aliphatic carbocycles. The number of fused-ring (bicyclic) bond motifs is 1. The lowest BCUT2D eigenvalue weighted by Gasteiger charge is -2.18. The molecule has 0 saturated heterocycles. The summed E-state index contributed by atoms with van der Waals surface area (Å²) in [5.41, 5.74) is 2.35. The summed E-state index contributed by atoms with van der Waals surface area (Å²) < 4.78 is 13.3. The molecular formula is C19H17BrN2O6. The number of halogens is 1. The molecule has 0 aliphatic heterocycles. The zero-order chi connectivity index (χ0) is 20.4. The van der Waals surface area contributed by atoms with Crippen LogP contribution in [0.25, 0.3) is 16.6 Å². The van der Waals surface area contributed by atoms with Crippen molar-refractivity contribution >= 4 is 38.5 Å². The van der Waals surface area contributed by atoms with Gasteiger partial charge < -0.3 is 19.1 Å². The van der Waals surface area contributed by atoms with E-state index in [9.17, 15) is 20.0 Å². The fraction of sp³-hybridized carbons (Fsp3) is 0.211. The van der Waals surface area contributed by atoms with Gasteiger partial charge in [0.25, 0.3) is 5.69 Å². The molecule has 0 saturated carbocycles. The Hall–Kier alpha value is -2.75. The molecule has 0 amide bonds. The van der Waals surface area contributed by atoms with Gasteiger partial charge in [-0.2, -0.15) is 0 Å². The summed E-state index contributed by atoms with van der Waals surface area (Å²) in [5.74, 6) is -0.949. The Morgan fingerprint density at radius 1 is 1.25 bits per heavy atom. The van der Waals surface area contributed by atoms with Crippen LogP contribution in [0.3, 0.4) is 0 Å². The predicted octanol–water partition coefficient (Wildman–Crippen LogP) is 4.22. The number of rotatable bonds is 7. The van der Waals surface area contributed by atoms with Gasteiger partial charge in [-0.05, 0) is 29.8 Å². The maximum absolute atomic E-state index is 11.3. The quantitative estimate of drug-likeness (QED) is 0.329. The van der Waals surface area contributed by atoms with Crippen LogP contribution in [0.15, 0.2) is 47.1 Å². The van der Waals surface area contributed by atoms with Gasteiger partial charge in [-0.1, -0.05) is 15.9 Å². The second-order valence-corrected chi connectivity index (χ2v) is 6.98. The number of ether oxygens (including phenoxy) is 2. The number of aliphatic carboxylic acids is 1. The van der Waals surface area contributed by atoms with Crippen LogP contribution in [0.2, 0.25) is 0 Å². The van der Waals surface area contributed by atoms with E-state index in [-0.39, 0.29) is 12.1 Å². The molecule has 3 rings (SSSR count). The molecule has 9 heteroatoms. The summed E-state index contributed by atoms with van der Waals surface area (Å²) in [6.07, 6.45) is 0.740. The van der Waals surface area contributed by atoms with E-state index in [2.05, 4.69) is 15.9 Å². The first-order valence-corrected chi connectivity index (χ1v) is 9.00. The highest BCUT2D eigenvalue weighted by Gasteiger charge is 2.22. The molecule has 0 unspecified atom stereocenters. The van der Waals surface area contributed by atoms with Gasteiger partial charge in [0.2, 0.25) is 0 Å². The molecule has 8 nitrogen and oxygen atoms in total. The van der Waals surface area contributed by atoms with Crippen molar-refractivity contribution in [2.24, 2.45) is 0 Å². The fourth-order valence-corrected chi connectivity index (χ4v) is 3.55. The first-order valence-electron chi connectivity index (χ1n) is 8.21. The minimum absolute atomic E-state index is 0.0946. The molecule has 2 aromatic carbocycles. The van der Waals surface area contributed by atoms with Crippen LogP contribution < -0.4 is 0 Å². The van der Waals surface area contributed by atoms with E-state index in [0.717, 1.165) is 15.4 Å². The number of aromatic nitrogens is 1. The van der Waals surface area contributed by atoms with Crippen molar-refractivity contribution in [3.63, 3.8) is 0 Å². The maximum Gasteiger partial charge on any atom is 0.307 e. The zero-order valence-corrected chi connectivity index (χ0v) is 16.7. The third-order valence-corrected chi connectivity index (χ3v) is 4.85. The molecule has 0 fully saturated rings. The second-order valence-electron chi connectivity index (χ2n) is 6.06. The molecule has 1 N–H and O–H groups in total. The predicted molar refractivity (Wildman–Crippen MR) is 106 cm³/mol. The highest BCUT2D eigenvalue weighted by molar-refractivity contribution is 9.10. The zero-order valence-electron chi connectivity index (χ0n) is 15.1. The van der Waals surface area contributed by atoms with Crippen LogP contribution in [0, 0.1) is 10.1 Å². The molecule has 1 aromatic heterocycles. The molecule has 3 aromatic rings. The lowest BCUT2D eigenvalue weighted by molar-refractivity contribution is -0.385. The van der Waals surface area contributed by atoms with Crippen LogP contribution in [-0.4, -0.2) is 34.8 Å². The molecule has 146 valence electrons. The van der Waals surface area contributed by atoms with Gasteiger partial charge >= 0.3 is 5.97 Å². The second kappa shape index (κ2) is 8.09. The fourth-order valence-electron chi connectivity index (χ4n) is 3.19. The van der Waals surface area contributed by atoms with E-state index < -0.39 is 17.2 Å². The first kappa shape index (κ1) is 20.0. The molecule has 0 radical (unpaired) electrons. The van der Waals surface area contributed by atoms with Crippen molar-refractivity contribution in [1.29, 1.82) is 0 Å². The summed E-state index contributed by atoms with van der Waals surface area (Å²) >= 11 is 3.41. The molecule has 0 spiro atoms. The number of non-ortho nitro benzene ring substituents is 1. The van der Waals surface area contributed by atoms with Crippen LogP contribution in [0.4, 0.5) is 5.69 Å². The largest absolute Gasteiger partial charge is 0.481 e. The Kier molecular flexibility index (Phi) is 5.78. The molecule has 28 heavy (non-hydrogen) atoms. The number of nitro benzene ring substituents is 1. The van der Waals surface area contributed by atoms with E-state index in [4.69, 9.17) is 9.47 Å². The number of carboxylic acids is 1. The summed E-state index contributed by atoms with van der Waals surface area (Å²) in [6, 6.07) is 9.93. The Bertz CT molecular complexity index is 1060. The summed E-state index contributed by atoms with van der Waals surface area (Å²) in [6.45, 7) is 0. The van der Waals surface area contributed by atoms with Crippen LogP contribution >= 0.6 is 15.9 Å². The van der Waals surface area contributed by atoms with Crippen molar-refractivity contribution in [3.05, 3.63) is 68.3 Å². The SMILES string of the molecule is COC(OC)c1cc([N+](=O)[O-])ccc1-n1cc(CC(=O)O)c2cc(Br)ccc21. The van der Waals surface area contributed by atoms with Gasteiger partial charge in [0, 0.05) is 48.0 Å². The lowest BCUT2D eigenvalue weighted by Crippen LogP contribution is -2.09. The number of carboxylic acid groups (broad SMARTS) is 1. The molecule has 0 bridgehead atoms. The van der Waals surface area contributed by atoms with Gasteiger partial charge in [0.1, 0.15) is 0 Å². The van der Waals surface area contributed by atoms with Crippen molar-refractivity contribution in [3.8, 4) is 5.69 Å². The Labute approximate surface area is 168 Å². The Morgan fingerprint density at radius 3 is 2.57 bits per heavy atom. The van der Waals surface area contributed by atoms with E-state index in [1.54, 1.807) is 16.8 Å². The van der Waals surface area contributed by atoms with E-state index in [0.29, 0.717) is 16.8 Å². The monoisotopic (exact) mass is 448 g/mol. The van der Waals surface area contributed by atoms with Gasteiger partial charge in [0.15, 0.2) is 6.29 Å². The average molecular weight is 449 g/mol. The van der Waals surface area contributed by atoms with Gasteiger partial charge in [-0.15, -0.1) is 0 Å². The highest BCUT2D eigenvalue weighted by Crippen LogP contribution is 2.34. The molecule has 0 aliphatic rings. The number of carbonyl (C=O) groups is 1. The minimum atomic E-state index is -0.949. The van der Waals surface area contributed by atoms with Crippen LogP contribution in [0.1, 0.15) is 17.4 Å². The van der Waals surface area contributed by atoms with E-state index in [1.165, 1.54) is 26.4 Å². The smallest absolute Gasteiger partial charge is 0.307 e. The van der Waals surface area contributed by atoms with Crippen molar-refractivity contribution < 1.29 is 24.3 Å². The average Bonchev–Trinajstić information content (AvgIpc) is 2.99. The lowest BCUT2D eigenvalue weighted by atomic mass is 10.1. The summed E-state index contributed by atoms with van der Waals surface area (Å²) in [4.78, 5) is 22.0. The normalized spacial score (nSPS) is 11.3. The van der Waals surface area contributed by atoms with Crippen molar-refractivity contribution in [2.45, 2.75) is 12.7 Å². The number of methoxy groups -OCH3 is 2. The van der Waals surface area contributed by atoms with Crippen molar-refractivity contribution in [1.82, 2.24) is 4.57 Å². The van der Waals surface area contributed by atoms with Crippen molar-refractivity contribution in [2.75, 3.05) is 14.2 Å². The standard InChI is InChI=1S/C19H17BrN2O6/c1-27-19(28-2)15-9-13(22(25)26)4-6-17(15)21-10-11(7-18(23)24)14-8-12(20)3-5-16(14)21/h3-6,8-10,19H,7H2,1-2H3,(H,23,24). The number of hydrogen-bond donors (Lipinski definition) is 1. The number of nitrogens with zero attached hydrogens (tertiary/aromatic N) is 2. The Morgan fingerprint density at radius 2 is 1.96 bits per heavy atom. The first-order chi connectivity index (χ1) is 13.3. The summed E-state index contributed by atoms with van der Waals surface area (Å²) in [5, 5.41) is 21.2. The van der Waals surface area contributed by atoms with Gasteiger partial charge in [-0.25, -0.2) is 0 Å². The van der Waals surface area contributed by atoms with Crippen LogP contribution in [-0.2, 0) is 20.7 Å². The Balaban J connectivity index is 2.29. The molecule has 1 heterocycles. The van der Waals surface area contributed by atoms with Crippen LogP contribution in [0.5, 0.6) is 0 Å². The topological polar surface area (TPSA) is 104 Å². The van der Waals surface area contributed by atoms with Gasteiger partial charge in [-0.3, -0.25) is 14.9 Å². The third kappa shape index (κ3) is 3.77. The molecule has 0 atom stereocenters. The number of hydrogen-bond acceptors (Lipinski definition) is 5. The van der Waals surface area contributed by atoms with Gasteiger partial charge in [0.05, 0.1) is 22.5 Å². The highest BCUT2D eigenvalue weighted by atomic mass is 79.9. The maximum atomic E-state index is 11.3. The summed E-state index contributed by atoms with van der Waals surface area (Å²) in [7, 11) is 2.88. The number of nitro groups is 1. The number of benzene rings is 2. The minimum Gasteiger partial charge on any atom is -0.481 e. The van der Waals surface area contributed by atoms with E-state index in [1.807, 2.05) is 18.2 Å². The third-order valence-electron chi connectivity index (χ3n) is 4.35. The van der Waals surface area contributed by atoms with E-state index >= 15 is 0 Å².